The minimum Gasteiger partial charge on any atom is -0.490 e. The van der Waals surface area contributed by atoms with Crippen molar-refractivity contribution in [2.45, 2.75) is 52.2 Å². The van der Waals surface area contributed by atoms with E-state index in [1.54, 1.807) is 0 Å². The van der Waals surface area contributed by atoms with Gasteiger partial charge >= 0.3 is 0 Å². The predicted molar refractivity (Wildman–Crippen MR) is 83.6 cm³/mol. The maximum atomic E-state index is 6.05. The van der Waals surface area contributed by atoms with Crippen molar-refractivity contribution in [3.8, 4) is 5.75 Å². The second-order valence-electron chi connectivity index (χ2n) is 5.80. The molecule has 1 N–H and O–H groups in total. The standard InChI is InChI=1S/C16H24BrNO/c1-12(2)10-18-11-13-9-15(7-8-16(13)17)19-14-5-3-4-6-14/h7-9,12,14,18H,3-6,10-11H2,1-2H3. The molecule has 0 radical (unpaired) electrons. The molecule has 0 aromatic heterocycles. The molecule has 19 heavy (non-hydrogen) atoms. The first-order valence-electron chi connectivity index (χ1n) is 7.31. The van der Waals surface area contributed by atoms with E-state index >= 15 is 0 Å². The molecule has 0 heterocycles. The monoisotopic (exact) mass is 325 g/mol. The van der Waals surface area contributed by atoms with Crippen molar-refractivity contribution < 1.29 is 4.74 Å². The Morgan fingerprint density at radius 1 is 1.32 bits per heavy atom. The van der Waals surface area contributed by atoms with Gasteiger partial charge in [0.15, 0.2) is 0 Å². The minimum absolute atomic E-state index is 0.428. The van der Waals surface area contributed by atoms with Gasteiger partial charge < -0.3 is 10.1 Å². The molecule has 0 bridgehead atoms. The van der Waals surface area contributed by atoms with Crippen molar-refractivity contribution in [2.75, 3.05) is 6.54 Å². The summed E-state index contributed by atoms with van der Waals surface area (Å²) in [6.07, 6.45) is 5.46. The van der Waals surface area contributed by atoms with Crippen LogP contribution in [0.25, 0.3) is 0 Å². The number of rotatable bonds is 6. The molecule has 0 spiro atoms. The topological polar surface area (TPSA) is 21.3 Å². The van der Waals surface area contributed by atoms with Crippen LogP contribution in [0.2, 0.25) is 0 Å². The van der Waals surface area contributed by atoms with Gasteiger partial charge in [-0.2, -0.15) is 0 Å². The van der Waals surface area contributed by atoms with Gasteiger partial charge in [0.05, 0.1) is 6.10 Å². The first kappa shape index (κ1) is 14.9. The largest absolute Gasteiger partial charge is 0.490 e. The van der Waals surface area contributed by atoms with Gasteiger partial charge in [0.25, 0.3) is 0 Å². The van der Waals surface area contributed by atoms with E-state index < -0.39 is 0 Å². The maximum absolute atomic E-state index is 6.05. The summed E-state index contributed by atoms with van der Waals surface area (Å²) in [5.74, 6) is 1.69. The highest BCUT2D eigenvalue weighted by Crippen LogP contribution is 2.27. The summed E-state index contributed by atoms with van der Waals surface area (Å²) < 4.78 is 7.20. The van der Waals surface area contributed by atoms with E-state index in [0.717, 1.165) is 23.3 Å². The molecule has 0 saturated heterocycles. The van der Waals surface area contributed by atoms with Crippen molar-refractivity contribution in [3.05, 3.63) is 28.2 Å². The molecule has 3 heteroatoms. The first-order valence-corrected chi connectivity index (χ1v) is 8.10. The fourth-order valence-electron chi connectivity index (χ4n) is 2.45. The number of hydrogen-bond donors (Lipinski definition) is 1. The molecule has 0 amide bonds. The number of ether oxygens (including phenoxy) is 1. The van der Waals surface area contributed by atoms with Crippen LogP contribution in [0, 0.1) is 5.92 Å². The van der Waals surface area contributed by atoms with E-state index in [2.05, 4.69) is 53.3 Å². The zero-order chi connectivity index (χ0) is 13.7. The number of nitrogens with one attached hydrogen (secondary N) is 1. The zero-order valence-corrected chi connectivity index (χ0v) is 13.5. The van der Waals surface area contributed by atoms with Crippen LogP contribution in [0.3, 0.4) is 0 Å². The van der Waals surface area contributed by atoms with Gasteiger partial charge in [0.2, 0.25) is 0 Å². The lowest BCUT2D eigenvalue weighted by Gasteiger charge is -2.15. The first-order chi connectivity index (χ1) is 9.15. The fourth-order valence-corrected chi connectivity index (χ4v) is 2.84. The highest BCUT2D eigenvalue weighted by atomic mass is 79.9. The maximum Gasteiger partial charge on any atom is 0.120 e. The van der Waals surface area contributed by atoms with Crippen molar-refractivity contribution in [1.82, 2.24) is 5.32 Å². The lowest BCUT2D eigenvalue weighted by Crippen LogP contribution is -2.19. The molecule has 1 aromatic rings. The molecule has 2 nitrogen and oxygen atoms in total. The van der Waals surface area contributed by atoms with Crippen LogP contribution >= 0.6 is 15.9 Å². The van der Waals surface area contributed by atoms with E-state index in [1.165, 1.54) is 31.2 Å². The van der Waals surface area contributed by atoms with Gasteiger partial charge in [0.1, 0.15) is 5.75 Å². The number of benzene rings is 1. The smallest absolute Gasteiger partial charge is 0.120 e. The van der Waals surface area contributed by atoms with Crippen LogP contribution in [0.15, 0.2) is 22.7 Å². The van der Waals surface area contributed by atoms with E-state index in [9.17, 15) is 0 Å². The molecular weight excluding hydrogens is 302 g/mol. The average Bonchev–Trinajstić information content (AvgIpc) is 2.85. The molecule has 1 aliphatic rings. The Bertz CT molecular complexity index is 400. The molecule has 1 fully saturated rings. The van der Waals surface area contributed by atoms with Gasteiger partial charge in [-0.15, -0.1) is 0 Å². The van der Waals surface area contributed by atoms with Crippen LogP contribution in [-0.4, -0.2) is 12.6 Å². The summed E-state index contributed by atoms with van der Waals surface area (Å²) >= 11 is 3.61. The Labute approximate surface area is 125 Å². The van der Waals surface area contributed by atoms with Crippen LogP contribution in [0.1, 0.15) is 45.1 Å². The van der Waals surface area contributed by atoms with Gasteiger partial charge in [-0.25, -0.2) is 0 Å². The molecule has 1 saturated carbocycles. The molecular formula is C16H24BrNO. The molecule has 2 rings (SSSR count). The zero-order valence-electron chi connectivity index (χ0n) is 11.9. The van der Waals surface area contributed by atoms with Gasteiger partial charge in [0, 0.05) is 11.0 Å². The lowest BCUT2D eigenvalue weighted by molar-refractivity contribution is 0.210. The third-order valence-electron chi connectivity index (χ3n) is 3.49. The second kappa shape index (κ2) is 7.30. The Morgan fingerprint density at radius 2 is 2.05 bits per heavy atom. The van der Waals surface area contributed by atoms with Gasteiger partial charge in [-0.05, 0) is 61.9 Å². The van der Waals surface area contributed by atoms with Crippen LogP contribution in [0.4, 0.5) is 0 Å². The van der Waals surface area contributed by atoms with Gasteiger partial charge in [-0.1, -0.05) is 29.8 Å². The van der Waals surface area contributed by atoms with Gasteiger partial charge in [-0.3, -0.25) is 0 Å². The summed E-state index contributed by atoms with van der Waals surface area (Å²) in [5.41, 5.74) is 1.27. The Hall–Kier alpha value is -0.540. The summed E-state index contributed by atoms with van der Waals surface area (Å²) in [5, 5.41) is 3.48. The van der Waals surface area contributed by atoms with Crippen molar-refractivity contribution in [3.63, 3.8) is 0 Å². The number of halogens is 1. The van der Waals surface area contributed by atoms with E-state index in [-0.39, 0.29) is 0 Å². The summed E-state index contributed by atoms with van der Waals surface area (Å²) in [4.78, 5) is 0. The summed E-state index contributed by atoms with van der Waals surface area (Å²) in [6.45, 7) is 6.38. The van der Waals surface area contributed by atoms with Crippen LogP contribution < -0.4 is 10.1 Å². The molecule has 0 unspecified atom stereocenters. The summed E-state index contributed by atoms with van der Waals surface area (Å²) in [7, 11) is 0. The average molecular weight is 326 g/mol. The SMILES string of the molecule is CC(C)CNCc1cc(OC2CCCC2)ccc1Br. The third kappa shape index (κ3) is 4.81. The highest BCUT2D eigenvalue weighted by molar-refractivity contribution is 9.10. The molecule has 0 aliphatic heterocycles. The predicted octanol–water partition coefficient (Wildman–Crippen LogP) is 4.52. The molecule has 1 aromatic carbocycles. The molecule has 106 valence electrons. The van der Waals surface area contributed by atoms with Crippen molar-refractivity contribution >= 4 is 15.9 Å². The minimum atomic E-state index is 0.428. The Morgan fingerprint density at radius 3 is 2.74 bits per heavy atom. The molecule has 1 aliphatic carbocycles. The summed E-state index contributed by atoms with van der Waals surface area (Å²) in [6, 6.07) is 6.32. The van der Waals surface area contributed by atoms with Crippen molar-refractivity contribution in [2.24, 2.45) is 5.92 Å². The second-order valence-corrected chi connectivity index (χ2v) is 6.66. The Kier molecular flexibility index (Phi) is 5.71. The van der Waals surface area contributed by atoms with Crippen LogP contribution in [0.5, 0.6) is 5.75 Å². The van der Waals surface area contributed by atoms with E-state index in [1.807, 2.05) is 0 Å². The lowest BCUT2D eigenvalue weighted by atomic mass is 10.2. The quantitative estimate of drug-likeness (QED) is 0.830. The van der Waals surface area contributed by atoms with E-state index in [4.69, 9.17) is 4.74 Å². The van der Waals surface area contributed by atoms with E-state index in [0.29, 0.717) is 12.0 Å². The Balaban J connectivity index is 1.93. The fraction of sp³-hybridized carbons (Fsp3) is 0.625. The van der Waals surface area contributed by atoms with Crippen LogP contribution in [-0.2, 0) is 6.54 Å². The molecule has 0 atom stereocenters. The normalized spacial score (nSPS) is 16.2. The third-order valence-corrected chi connectivity index (χ3v) is 4.26. The van der Waals surface area contributed by atoms with Crippen molar-refractivity contribution in [1.29, 1.82) is 0 Å². The highest BCUT2D eigenvalue weighted by Gasteiger charge is 2.16. The number of hydrogen-bond acceptors (Lipinski definition) is 2.